The molecule has 2 heterocycles. The van der Waals surface area contributed by atoms with E-state index in [0.717, 1.165) is 18.7 Å². The van der Waals surface area contributed by atoms with Gasteiger partial charge in [-0.2, -0.15) is 0 Å². The van der Waals surface area contributed by atoms with Gasteiger partial charge in [0.05, 0.1) is 12.2 Å². The van der Waals surface area contributed by atoms with Crippen LogP contribution in [0.15, 0.2) is 23.8 Å². The third-order valence-corrected chi connectivity index (χ3v) is 4.29. The lowest BCUT2D eigenvalue weighted by Crippen LogP contribution is -2.33. The first-order valence-electron chi connectivity index (χ1n) is 6.27. The van der Waals surface area contributed by atoms with Crippen LogP contribution >= 0.6 is 11.3 Å². The maximum absolute atomic E-state index is 12.6. The van der Waals surface area contributed by atoms with Crippen molar-refractivity contribution in [1.29, 1.82) is 0 Å². The Bertz CT molecular complexity index is 599. The van der Waals surface area contributed by atoms with Crippen LogP contribution in [0.25, 0.3) is 0 Å². The molecule has 1 saturated carbocycles. The number of hydrogen-bond acceptors (Lipinski definition) is 4. The summed E-state index contributed by atoms with van der Waals surface area (Å²) >= 11 is 1.40. The van der Waals surface area contributed by atoms with Crippen LogP contribution in [-0.4, -0.2) is 26.4 Å². The zero-order valence-corrected chi connectivity index (χ0v) is 11.6. The molecule has 5 nitrogen and oxygen atoms in total. The van der Waals surface area contributed by atoms with Gasteiger partial charge in [-0.15, -0.1) is 11.3 Å². The first-order chi connectivity index (χ1) is 9.16. The van der Waals surface area contributed by atoms with E-state index in [-0.39, 0.29) is 5.91 Å². The molecule has 100 valence electrons. The molecule has 0 atom stereocenters. The van der Waals surface area contributed by atoms with Crippen LogP contribution in [0.2, 0.25) is 0 Å². The second kappa shape index (κ2) is 4.70. The lowest BCUT2D eigenvalue weighted by atomic mass is 10.3. The summed E-state index contributed by atoms with van der Waals surface area (Å²) in [5.74, 6) is 0.924. The standard InChI is InChI=1S/C13H16N4OS/c1-16-6-5-15-11(16)8-17(9-2-3-9)13(18)12-10(14)4-7-19-12/h4-7,9H,2-3,8,14H2,1H3. The lowest BCUT2D eigenvalue weighted by Gasteiger charge is -2.21. The number of amides is 1. The highest BCUT2D eigenvalue weighted by Crippen LogP contribution is 2.31. The van der Waals surface area contributed by atoms with Gasteiger partial charge in [0.25, 0.3) is 5.91 Å². The van der Waals surface area contributed by atoms with Crippen molar-refractivity contribution in [3.8, 4) is 0 Å². The minimum atomic E-state index is 0.0259. The minimum Gasteiger partial charge on any atom is -0.397 e. The number of carbonyl (C=O) groups is 1. The number of imidazole rings is 1. The Morgan fingerprint density at radius 1 is 1.63 bits per heavy atom. The Morgan fingerprint density at radius 2 is 2.42 bits per heavy atom. The third-order valence-electron chi connectivity index (χ3n) is 3.37. The molecule has 0 radical (unpaired) electrons. The van der Waals surface area contributed by atoms with Crippen LogP contribution < -0.4 is 5.73 Å². The molecular weight excluding hydrogens is 260 g/mol. The van der Waals surface area contributed by atoms with Gasteiger partial charge in [0.15, 0.2) is 0 Å². The second-order valence-corrected chi connectivity index (χ2v) is 5.74. The molecule has 0 aromatic carbocycles. The molecular formula is C13H16N4OS. The predicted molar refractivity (Wildman–Crippen MR) is 74.8 cm³/mol. The van der Waals surface area contributed by atoms with Crippen LogP contribution in [0, 0.1) is 0 Å². The van der Waals surface area contributed by atoms with Crippen molar-refractivity contribution in [3.05, 3.63) is 34.5 Å². The van der Waals surface area contributed by atoms with Gasteiger partial charge in [0.2, 0.25) is 0 Å². The summed E-state index contributed by atoms with van der Waals surface area (Å²) in [6.07, 6.45) is 5.79. The van der Waals surface area contributed by atoms with Crippen LogP contribution in [0.1, 0.15) is 28.3 Å². The molecule has 0 unspecified atom stereocenters. The van der Waals surface area contributed by atoms with Gasteiger partial charge in [0.1, 0.15) is 10.7 Å². The van der Waals surface area contributed by atoms with E-state index in [1.807, 2.05) is 28.1 Å². The van der Waals surface area contributed by atoms with Crippen molar-refractivity contribution in [2.24, 2.45) is 7.05 Å². The number of anilines is 1. The minimum absolute atomic E-state index is 0.0259. The number of carbonyl (C=O) groups excluding carboxylic acids is 1. The molecule has 0 spiro atoms. The fraction of sp³-hybridized carbons (Fsp3) is 0.385. The topological polar surface area (TPSA) is 64.2 Å². The molecule has 0 bridgehead atoms. The average Bonchev–Trinajstić information content (AvgIpc) is 3.02. The first-order valence-corrected chi connectivity index (χ1v) is 7.15. The molecule has 2 aromatic heterocycles. The molecule has 19 heavy (non-hydrogen) atoms. The molecule has 1 amide bonds. The Morgan fingerprint density at radius 3 is 2.95 bits per heavy atom. The normalized spacial score (nSPS) is 14.6. The van der Waals surface area contributed by atoms with Gasteiger partial charge in [-0.25, -0.2) is 4.98 Å². The van der Waals surface area contributed by atoms with Gasteiger partial charge in [-0.3, -0.25) is 4.79 Å². The van der Waals surface area contributed by atoms with E-state index in [2.05, 4.69) is 4.98 Å². The maximum atomic E-state index is 12.6. The van der Waals surface area contributed by atoms with Crippen molar-refractivity contribution in [2.45, 2.75) is 25.4 Å². The fourth-order valence-corrected chi connectivity index (χ4v) is 2.85. The summed E-state index contributed by atoms with van der Waals surface area (Å²) in [5, 5.41) is 1.86. The quantitative estimate of drug-likeness (QED) is 0.927. The molecule has 3 rings (SSSR count). The monoisotopic (exact) mass is 276 g/mol. The third kappa shape index (κ3) is 2.35. The van der Waals surface area contributed by atoms with Gasteiger partial charge < -0.3 is 15.2 Å². The van der Waals surface area contributed by atoms with Crippen molar-refractivity contribution >= 4 is 22.9 Å². The van der Waals surface area contributed by atoms with E-state index in [1.54, 1.807) is 12.3 Å². The lowest BCUT2D eigenvalue weighted by molar-refractivity contribution is 0.0730. The highest BCUT2D eigenvalue weighted by Gasteiger charge is 2.34. The number of hydrogen-bond donors (Lipinski definition) is 1. The molecule has 1 fully saturated rings. The zero-order chi connectivity index (χ0) is 13.4. The summed E-state index contributed by atoms with van der Waals surface area (Å²) in [5.41, 5.74) is 6.42. The Kier molecular flexibility index (Phi) is 3.02. The first kappa shape index (κ1) is 12.2. The van der Waals surface area contributed by atoms with Crippen molar-refractivity contribution in [2.75, 3.05) is 5.73 Å². The van der Waals surface area contributed by atoms with Gasteiger partial charge in [-0.05, 0) is 24.3 Å². The fourth-order valence-electron chi connectivity index (χ4n) is 2.08. The molecule has 2 N–H and O–H groups in total. The second-order valence-electron chi connectivity index (χ2n) is 4.82. The summed E-state index contributed by atoms with van der Waals surface area (Å²) in [4.78, 5) is 19.4. The highest BCUT2D eigenvalue weighted by molar-refractivity contribution is 7.12. The summed E-state index contributed by atoms with van der Waals surface area (Å²) in [6.45, 7) is 0.546. The highest BCUT2D eigenvalue weighted by atomic mass is 32.1. The largest absolute Gasteiger partial charge is 0.397 e. The van der Waals surface area contributed by atoms with Crippen molar-refractivity contribution < 1.29 is 4.79 Å². The SMILES string of the molecule is Cn1ccnc1CN(C(=O)c1sccc1N)C1CC1. The van der Waals surface area contributed by atoms with Crippen LogP contribution in [-0.2, 0) is 13.6 Å². The Balaban J connectivity index is 1.84. The van der Waals surface area contributed by atoms with E-state index in [0.29, 0.717) is 23.2 Å². The van der Waals surface area contributed by atoms with Crippen LogP contribution in [0.5, 0.6) is 0 Å². The molecule has 0 saturated heterocycles. The number of rotatable bonds is 4. The number of nitrogen functional groups attached to an aromatic ring is 1. The number of aromatic nitrogens is 2. The number of thiophene rings is 1. The molecule has 0 aliphatic heterocycles. The van der Waals surface area contributed by atoms with E-state index < -0.39 is 0 Å². The van der Waals surface area contributed by atoms with Crippen LogP contribution in [0.4, 0.5) is 5.69 Å². The van der Waals surface area contributed by atoms with E-state index in [1.165, 1.54) is 11.3 Å². The molecule has 2 aromatic rings. The van der Waals surface area contributed by atoms with Crippen molar-refractivity contribution in [1.82, 2.24) is 14.5 Å². The Labute approximate surface area is 115 Å². The zero-order valence-electron chi connectivity index (χ0n) is 10.7. The van der Waals surface area contributed by atoms with E-state index in [4.69, 9.17) is 5.73 Å². The van der Waals surface area contributed by atoms with Crippen molar-refractivity contribution in [3.63, 3.8) is 0 Å². The number of nitrogens with two attached hydrogens (primary N) is 1. The summed E-state index contributed by atoms with van der Waals surface area (Å²) in [6, 6.07) is 2.12. The van der Waals surface area contributed by atoms with Crippen LogP contribution in [0.3, 0.4) is 0 Å². The summed E-state index contributed by atoms with van der Waals surface area (Å²) < 4.78 is 1.94. The molecule has 6 heteroatoms. The Hall–Kier alpha value is -1.82. The maximum Gasteiger partial charge on any atom is 0.266 e. The van der Waals surface area contributed by atoms with Gasteiger partial charge in [-0.1, -0.05) is 0 Å². The molecule has 1 aliphatic rings. The van der Waals surface area contributed by atoms with E-state index in [9.17, 15) is 4.79 Å². The summed E-state index contributed by atoms with van der Waals surface area (Å²) in [7, 11) is 1.94. The predicted octanol–water partition coefficient (Wildman–Crippen LogP) is 1.87. The van der Waals surface area contributed by atoms with E-state index >= 15 is 0 Å². The van der Waals surface area contributed by atoms with Gasteiger partial charge >= 0.3 is 0 Å². The number of aryl methyl sites for hydroxylation is 1. The van der Waals surface area contributed by atoms with Gasteiger partial charge in [0, 0.05) is 25.5 Å². The smallest absolute Gasteiger partial charge is 0.266 e. The average molecular weight is 276 g/mol. The number of nitrogens with zero attached hydrogens (tertiary/aromatic N) is 3. The molecule has 1 aliphatic carbocycles.